The Balaban J connectivity index is 1.13. The molecular formula is C70H70BN3. The molecule has 3 heterocycles. The van der Waals surface area contributed by atoms with E-state index in [9.17, 15) is 0 Å². The smallest absolute Gasteiger partial charge is 0.252 e. The van der Waals surface area contributed by atoms with Crippen LogP contribution in [-0.2, 0) is 36.5 Å². The van der Waals surface area contributed by atoms with E-state index in [2.05, 4.69) is 241 Å². The molecule has 0 saturated heterocycles. The van der Waals surface area contributed by atoms with E-state index in [4.69, 9.17) is 0 Å². The number of rotatable bonds is 5. The van der Waals surface area contributed by atoms with E-state index in [1.807, 2.05) is 0 Å². The van der Waals surface area contributed by atoms with Gasteiger partial charge in [-0.15, -0.1) is 0 Å². The van der Waals surface area contributed by atoms with Crippen molar-refractivity contribution in [1.82, 2.24) is 0 Å². The third kappa shape index (κ3) is 6.78. The molecule has 0 radical (unpaired) electrons. The quantitative estimate of drug-likeness (QED) is 0.159. The minimum absolute atomic E-state index is 0.00648. The summed E-state index contributed by atoms with van der Waals surface area (Å²) in [6.07, 6.45) is 9.20. The molecule has 1 saturated carbocycles. The lowest BCUT2D eigenvalue weighted by Crippen LogP contribution is -2.61. The van der Waals surface area contributed by atoms with E-state index < -0.39 is 0 Å². The van der Waals surface area contributed by atoms with Gasteiger partial charge in [-0.1, -0.05) is 177 Å². The molecule has 0 amide bonds. The van der Waals surface area contributed by atoms with Gasteiger partial charge in [0.25, 0.3) is 6.71 Å². The number of hydrogen-bond acceptors (Lipinski definition) is 3. The maximum absolute atomic E-state index is 2.82. The second-order valence-corrected chi connectivity index (χ2v) is 26.3. The highest BCUT2D eigenvalue weighted by molar-refractivity contribution is 7.00. The summed E-state index contributed by atoms with van der Waals surface area (Å²) in [6, 6.07) is 64.6. The lowest BCUT2D eigenvalue weighted by atomic mass is 9.33. The zero-order valence-corrected chi connectivity index (χ0v) is 45.2. The van der Waals surface area contributed by atoms with Crippen LogP contribution in [0.3, 0.4) is 0 Å². The van der Waals surface area contributed by atoms with Crippen molar-refractivity contribution in [3.05, 3.63) is 197 Å². The zero-order valence-electron chi connectivity index (χ0n) is 45.2. The lowest BCUT2D eigenvalue weighted by molar-refractivity contribution is 0.195. The molecule has 3 aliphatic carbocycles. The van der Waals surface area contributed by atoms with Gasteiger partial charge in [0.15, 0.2) is 0 Å². The summed E-state index contributed by atoms with van der Waals surface area (Å²) in [6.45, 7) is 22.0. The number of benzene rings is 8. The molecule has 6 aliphatic rings. The van der Waals surface area contributed by atoms with Crippen LogP contribution in [0.5, 0.6) is 0 Å². The maximum atomic E-state index is 2.82. The summed E-state index contributed by atoms with van der Waals surface area (Å²) in [5.74, 6) is 0. The Hall–Kier alpha value is -6.78. The van der Waals surface area contributed by atoms with Crippen molar-refractivity contribution in [2.75, 3.05) is 14.7 Å². The molecular weight excluding hydrogens is 894 g/mol. The molecule has 3 aliphatic heterocycles. The predicted molar refractivity (Wildman–Crippen MR) is 315 cm³/mol. The van der Waals surface area contributed by atoms with Crippen molar-refractivity contribution in [3.63, 3.8) is 0 Å². The fraction of sp³-hybridized carbons (Fsp3) is 0.314. The Labute approximate surface area is 441 Å². The fourth-order valence-corrected chi connectivity index (χ4v) is 15.4. The van der Waals surface area contributed by atoms with E-state index in [1.165, 1.54) is 137 Å². The molecule has 1 fully saturated rings. The van der Waals surface area contributed by atoms with Crippen molar-refractivity contribution in [2.24, 2.45) is 10.8 Å². The predicted octanol–water partition coefficient (Wildman–Crippen LogP) is 16.4. The summed E-state index contributed by atoms with van der Waals surface area (Å²) in [4.78, 5) is 8.26. The molecule has 8 aromatic rings. The van der Waals surface area contributed by atoms with E-state index in [-0.39, 0.29) is 33.9 Å². The van der Waals surface area contributed by atoms with E-state index in [0.717, 1.165) is 32.1 Å². The molecule has 0 spiro atoms. The van der Waals surface area contributed by atoms with Gasteiger partial charge >= 0.3 is 0 Å². The highest BCUT2D eigenvalue weighted by atomic mass is 15.3. The maximum Gasteiger partial charge on any atom is 0.252 e. The zero-order chi connectivity index (χ0) is 50.7. The van der Waals surface area contributed by atoms with Gasteiger partial charge in [0.2, 0.25) is 0 Å². The van der Waals surface area contributed by atoms with Gasteiger partial charge in [0.1, 0.15) is 0 Å². The monoisotopic (exact) mass is 964 g/mol. The average Bonchev–Trinajstić information content (AvgIpc) is 4.04. The standard InChI is InChI=1S/C70H70BN3/c1-66(2,3)52-28-31-59(55(38-52)46-22-14-11-15-23-46)73-61-30-27-47(45-20-12-10-13-21-45)35-57(61)71-58-36-50-43-68(6,7)44-51(50)37-62(58)72(53-29-26-48-41-67(4,5)42-49(48)34-53)63-39-54(40-64(73)65(63)71)74-60-25-17-16-24-56(60)69(8)32-18-19-33-70(69,74)9/h10-17,20-31,34-40H,18-19,32-33,41-44H2,1-9H3. The van der Waals surface area contributed by atoms with Crippen LogP contribution in [0.4, 0.5) is 45.5 Å². The third-order valence-corrected chi connectivity index (χ3v) is 19.1. The van der Waals surface area contributed by atoms with E-state index in [0.29, 0.717) is 0 Å². The third-order valence-electron chi connectivity index (χ3n) is 19.1. The fourth-order valence-electron chi connectivity index (χ4n) is 15.4. The first-order valence-corrected chi connectivity index (χ1v) is 27.8. The largest absolute Gasteiger partial charge is 0.334 e. The molecule has 4 heteroatoms. The molecule has 74 heavy (non-hydrogen) atoms. The van der Waals surface area contributed by atoms with Gasteiger partial charge in [-0.05, 0) is 183 Å². The number of nitrogens with zero attached hydrogens (tertiary/aromatic N) is 3. The van der Waals surface area contributed by atoms with Gasteiger partial charge in [-0.25, -0.2) is 0 Å². The normalized spacial score (nSPS) is 21.4. The van der Waals surface area contributed by atoms with Crippen LogP contribution in [0.1, 0.15) is 121 Å². The Morgan fingerprint density at radius 2 is 1.04 bits per heavy atom. The Morgan fingerprint density at radius 1 is 0.432 bits per heavy atom. The Morgan fingerprint density at radius 3 is 1.77 bits per heavy atom. The van der Waals surface area contributed by atoms with Crippen LogP contribution in [0.2, 0.25) is 0 Å². The highest BCUT2D eigenvalue weighted by Gasteiger charge is 2.58. The SMILES string of the molecule is CC1(C)Cc2ccc(N3c4cc5c(cc4B4c6cc(-c7ccccc7)ccc6N(c6ccc(C(C)(C)C)cc6-c6ccccc6)c6cc(N7c8ccccc8C8(C)CCCCC78C)cc3c64)CC(C)(C)C5)cc2C1. The average molecular weight is 964 g/mol. The first kappa shape index (κ1) is 45.8. The van der Waals surface area contributed by atoms with Crippen molar-refractivity contribution in [3.8, 4) is 22.3 Å². The molecule has 3 nitrogen and oxygen atoms in total. The Bertz CT molecular complexity index is 3620. The summed E-state index contributed by atoms with van der Waals surface area (Å²) >= 11 is 0. The molecule has 8 aromatic carbocycles. The first-order chi connectivity index (χ1) is 35.5. The van der Waals surface area contributed by atoms with E-state index >= 15 is 0 Å². The van der Waals surface area contributed by atoms with Crippen LogP contribution >= 0.6 is 0 Å². The van der Waals surface area contributed by atoms with Gasteiger partial charge in [0, 0.05) is 50.8 Å². The molecule has 0 bridgehead atoms. The van der Waals surface area contributed by atoms with Crippen molar-refractivity contribution >= 4 is 68.6 Å². The number of hydrogen-bond donors (Lipinski definition) is 0. The minimum atomic E-state index is -0.121. The van der Waals surface area contributed by atoms with Crippen molar-refractivity contribution in [2.45, 2.75) is 130 Å². The molecule has 14 rings (SSSR count). The summed E-state index contributed by atoms with van der Waals surface area (Å²) in [5, 5.41) is 0. The van der Waals surface area contributed by atoms with Gasteiger partial charge in [-0.3, -0.25) is 0 Å². The topological polar surface area (TPSA) is 9.72 Å². The van der Waals surface area contributed by atoms with Crippen molar-refractivity contribution in [1.29, 1.82) is 0 Å². The molecule has 2 atom stereocenters. The second kappa shape index (κ2) is 15.9. The molecule has 0 aromatic heterocycles. The Kier molecular flexibility index (Phi) is 9.83. The summed E-state index contributed by atoms with van der Waals surface area (Å²) in [5.41, 5.74) is 28.5. The van der Waals surface area contributed by atoms with Gasteiger partial charge in [0.05, 0.1) is 11.2 Å². The van der Waals surface area contributed by atoms with Crippen molar-refractivity contribution < 1.29 is 0 Å². The first-order valence-electron chi connectivity index (χ1n) is 27.8. The second-order valence-electron chi connectivity index (χ2n) is 26.3. The summed E-state index contributed by atoms with van der Waals surface area (Å²) in [7, 11) is 0. The highest BCUT2D eigenvalue weighted by Crippen LogP contribution is 2.62. The summed E-state index contributed by atoms with van der Waals surface area (Å²) < 4.78 is 0. The van der Waals surface area contributed by atoms with Crippen LogP contribution in [-0.4, -0.2) is 12.3 Å². The number of fused-ring (bicyclic) bond motifs is 9. The van der Waals surface area contributed by atoms with Gasteiger partial charge in [-0.2, -0.15) is 0 Å². The minimum Gasteiger partial charge on any atom is -0.334 e. The van der Waals surface area contributed by atoms with Crippen LogP contribution < -0.4 is 31.1 Å². The lowest BCUT2D eigenvalue weighted by Gasteiger charge is -2.51. The van der Waals surface area contributed by atoms with Crippen LogP contribution in [0.15, 0.2) is 164 Å². The number of para-hydroxylation sites is 1. The molecule has 0 N–H and O–H groups in total. The van der Waals surface area contributed by atoms with Crippen LogP contribution in [0, 0.1) is 10.8 Å². The molecule has 2 unspecified atom stereocenters. The van der Waals surface area contributed by atoms with Gasteiger partial charge < -0.3 is 14.7 Å². The number of anilines is 8. The van der Waals surface area contributed by atoms with Crippen LogP contribution in [0.25, 0.3) is 22.3 Å². The molecule has 368 valence electrons. The van der Waals surface area contributed by atoms with E-state index in [1.54, 1.807) is 0 Å².